The molecule has 0 unspecified atom stereocenters. The largest absolute Gasteiger partial charge is 0.494 e. The highest BCUT2D eigenvalue weighted by molar-refractivity contribution is 9.09. The monoisotopic (exact) mass is 366 g/mol. The van der Waals surface area contributed by atoms with Crippen LogP contribution < -0.4 is 4.74 Å². The van der Waals surface area contributed by atoms with E-state index in [4.69, 9.17) is 16.3 Å². The summed E-state index contributed by atoms with van der Waals surface area (Å²) in [5, 5.41) is 1.61. The summed E-state index contributed by atoms with van der Waals surface area (Å²) < 4.78 is 5.61. The minimum absolute atomic E-state index is 0.0162. The zero-order valence-electron chi connectivity index (χ0n) is 11.5. The quantitative estimate of drug-likeness (QED) is 0.385. The Morgan fingerprint density at radius 1 is 0.952 bits per heavy atom. The Morgan fingerprint density at radius 2 is 1.52 bits per heavy atom. The normalized spacial score (nSPS) is 10.4. The number of halogens is 2. The molecular weight excluding hydrogens is 352 g/mol. The number of carbonyl (C=O) groups is 1. The van der Waals surface area contributed by atoms with Gasteiger partial charge in [-0.05, 0) is 61.4 Å². The molecule has 0 aliphatic heterocycles. The summed E-state index contributed by atoms with van der Waals surface area (Å²) in [5.41, 5.74) is 1.27. The Morgan fingerprint density at radius 3 is 2.10 bits per heavy atom. The molecule has 0 spiro atoms. The standard InChI is InChI=1S/C17H16BrClO2/c18-11-1-2-12-21-16-9-5-14(6-10-16)17(20)13-3-7-15(19)8-4-13/h3-10H,1-2,11-12H2. The van der Waals surface area contributed by atoms with Gasteiger partial charge in [0.15, 0.2) is 5.78 Å². The van der Waals surface area contributed by atoms with Crippen molar-refractivity contribution in [1.29, 1.82) is 0 Å². The summed E-state index contributed by atoms with van der Waals surface area (Å²) in [6, 6.07) is 14.1. The lowest BCUT2D eigenvalue weighted by molar-refractivity contribution is 0.103. The van der Waals surface area contributed by atoms with E-state index in [-0.39, 0.29) is 5.78 Å². The summed E-state index contributed by atoms with van der Waals surface area (Å²) >= 11 is 9.21. The van der Waals surface area contributed by atoms with E-state index in [0.717, 1.165) is 23.9 Å². The lowest BCUT2D eigenvalue weighted by Crippen LogP contribution is -2.02. The molecule has 0 bridgehead atoms. The fraction of sp³-hybridized carbons (Fsp3) is 0.235. The molecule has 21 heavy (non-hydrogen) atoms. The van der Waals surface area contributed by atoms with Gasteiger partial charge in [-0.3, -0.25) is 4.79 Å². The van der Waals surface area contributed by atoms with Crippen LogP contribution in [0.5, 0.6) is 5.75 Å². The summed E-state index contributed by atoms with van der Waals surface area (Å²) in [5.74, 6) is 0.773. The van der Waals surface area contributed by atoms with Crippen molar-refractivity contribution in [3.63, 3.8) is 0 Å². The molecule has 0 aromatic heterocycles. The average Bonchev–Trinajstić information content (AvgIpc) is 2.52. The van der Waals surface area contributed by atoms with Crippen LogP contribution in [0.2, 0.25) is 5.02 Å². The van der Waals surface area contributed by atoms with Crippen LogP contribution in [-0.2, 0) is 0 Å². The molecule has 2 aromatic rings. The molecular formula is C17H16BrClO2. The second-order valence-electron chi connectivity index (χ2n) is 4.60. The van der Waals surface area contributed by atoms with Gasteiger partial charge in [0.1, 0.15) is 5.75 Å². The third-order valence-corrected chi connectivity index (χ3v) is 3.83. The predicted molar refractivity (Wildman–Crippen MR) is 89.8 cm³/mol. The van der Waals surface area contributed by atoms with Crippen molar-refractivity contribution >= 4 is 33.3 Å². The van der Waals surface area contributed by atoms with Crippen LogP contribution in [0.3, 0.4) is 0 Å². The molecule has 0 heterocycles. The smallest absolute Gasteiger partial charge is 0.193 e. The van der Waals surface area contributed by atoms with E-state index in [2.05, 4.69) is 15.9 Å². The fourth-order valence-corrected chi connectivity index (χ4v) is 2.38. The van der Waals surface area contributed by atoms with Gasteiger partial charge in [0.2, 0.25) is 0 Å². The zero-order valence-corrected chi connectivity index (χ0v) is 13.9. The first-order valence-electron chi connectivity index (χ1n) is 6.80. The number of carbonyl (C=O) groups excluding carboxylic acids is 1. The molecule has 2 aromatic carbocycles. The summed E-state index contributed by atoms with van der Waals surface area (Å²) in [6.07, 6.45) is 2.10. The van der Waals surface area contributed by atoms with Crippen LogP contribution in [0.4, 0.5) is 0 Å². The maximum Gasteiger partial charge on any atom is 0.193 e. The molecule has 4 heteroatoms. The Labute approximate surface area is 138 Å². The van der Waals surface area contributed by atoms with E-state index in [1.807, 2.05) is 12.1 Å². The van der Waals surface area contributed by atoms with Gasteiger partial charge < -0.3 is 4.74 Å². The van der Waals surface area contributed by atoms with Gasteiger partial charge in [0.25, 0.3) is 0 Å². The van der Waals surface area contributed by atoms with E-state index in [1.165, 1.54) is 0 Å². The first-order chi connectivity index (χ1) is 10.2. The summed E-state index contributed by atoms with van der Waals surface area (Å²) in [7, 11) is 0. The minimum atomic E-state index is -0.0162. The summed E-state index contributed by atoms with van der Waals surface area (Å²) in [4.78, 5) is 12.3. The number of rotatable bonds is 7. The first kappa shape index (κ1) is 16.1. The van der Waals surface area contributed by atoms with Crippen molar-refractivity contribution in [3.05, 3.63) is 64.7 Å². The van der Waals surface area contributed by atoms with Crippen molar-refractivity contribution in [2.24, 2.45) is 0 Å². The number of ether oxygens (including phenoxy) is 1. The van der Waals surface area contributed by atoms with Crippen molar-refractivity contribution in [1.82, 2.24) is 0 Å². The third-order valence-electron chi connectivity index (χ3n) is 3.02. The molecule has 0 amide bonds. The molecule has 0 aliphatic carbocycles. The number of ketones is 1. The number of unbranched alkanes of at least 4 members (excludes halogenated alkanes) is 1. The van der Waals surface area contributed by atoms with Crippen LogP contribution in [0.1, 0.15) is 28.8 Å². The maximum absolute atomic E-state index is 12.3. The van der Waals surface area contributed by atoms with Gasteiger partial charge >= 0.3 is 0 Å². The van der Waals surface area contributed by atoms with E-state index >= 15 is 0 Å². The topological polar surface area (TPSA) is 26.3 Å². The fourth-order valence-electron chi connectivity index (χ4n) is 1.86. The Hall–Kier alpha value is -1.32. The second-order valence-corrected chi connectivity index (χ2v) is 5.83. The van der Waals surface area contributed by atoms with Crippen LogP contribution in [0.15, 0.2) is 48.5 Å². The lowest BCUT2D eigenvalue weighted by atomic mass is 10.0. The third kappa shape index (κ3) is 4.87. The van der Waals surface area contributed by atoms with Crippen LogP contribution in [0, 0.1) is 0 Å². The van der Waals surface area contributed by atoms with Crippen LogP contribution in [-0.4, -0.2) is 17.7 Å². The average molecular weight is 368 g/mol. The highest BCUT2D eigenvalue weighted by Crippen LogP contribution is 2.17. The molecule has 0 saturated heterocycles. The van der Waals surface area contributed by atoms with E-state index in [1.54, 1.807) is 36.4 Å². The molecule has 2 nitrogen and oxygen atoms in total. The van der Waals surface area contributed by atoms with Gasteiger partial charge in [0.05, 0.1) is 6.61 Å². The number of alkyl halides is 1. The number of benzene rings is 2. The van der Waals surface area contributed by atoms with Gasteiger partial charge in [0, 0.05) is 21.5 Å². The van der Waals surface area contributed by atoms with Crippen LogP contribution >= 0.6 is 27.5 Å². The second kappa shape index (κ2) is 8.20. The van der Waals surface area contributed by atoms with Crippen molar-refractivity contribution in [3.8, 4) is 5.75 Å². The van der Waals surface area contributed by atoms with Crippen molar-refractivity contribution in [2.45, 2.75) is 12.8 Å². The summed E-state index contributed by atoms with van der Waals surface area (Å²) in [6.45, 7) is 0.691. The van der Waals surface area contributed by atoms with E-state index in [9.17, 15) is 4.79 Å². The number of hydrogen-bond acceptors (Lipinski definition) is 2. The Bertz CT molecular complexity index is 579. The Balaban J connectivity index is 1.98. The van der Waals surface area contributed by atoms with Crippen LogP contribution in [0.25, 0.3) is 0 Å². The molecule has 2 rings (SSSR count). The minimum Gasteiger partial charge on any atom is -0.494 e. The molecule has 0 atom stereocenters. The van der Waals surface area contributed by atoms with Gasteiger partial charge in [-0.2, -0.15) is 0 Å². The van der Waals surface area contributed by atoms with Crippen molar-refractivity contribution in [2.75, 3.05) is 11.9 Å². The predicted octanol–water partition coefficient (Wildman–Crippen LogP) is 5.12. The number of hydrogen-bond donors (Lipinski definition) is 0. The lowest BCUT2D eigenvalue weighted by Gasteiger charge is -2.06. The molecule has 0 radical (unpaired) electrons. The molecule has 0 fully saturated rings. The molecule has 0 saturated carbocycles. The zero-order chi connectivity index (χ0) is 15.1. The maximum atomic E-state index is 12.3. The molecule has 0 N–H and O–H groups in total. The highest BCUT2D eigenvalue weighted by Gasteiger charge is 2.08. The SMILES string of the molecule is O=C(c1ccc(Cl)cc1)c1ccc(OCCCCBr)cc1. The van der Waals surface area contributed by atoms with Gasteiger partial charge in [-0.25, -0.2) is 0 Å². The Kier molecular flexibility index (Phi) is 6.27. The van der Waals surface area contributed by atoms with Crippen molar-refractivity contribution < 1.29 is 9.53 Å². The first-order valence-corrected chi connectivity index (χ1v) is 8.30. The van der Waals surface area contributed by atoms with Gasteiger partial charge in [-0.15, -0.1) is 0 Å². The highest BCUT2D eigenvalue weighted by atomic mass is 79.9. The molecule has 0 aliphatic rings. The van der Waals surface area contributed by atoms with Gasteiger partial charge in [-0.1, -0.05) is 27.5 Å². The molecule has 110 valence electrons. The van der Waals surface area contributed by atoms with E-state index in [0.29, 0.717) is 22.8 Å². The van der Waals surface area contributed by atoms with E-state index < -0.39 is 0 Å².